The van der Waals surface area contributed by atoms with Gasteiger partial charge in [0.05, 0.1) is 0 Å². The molecule has 6 nitrogen and oxygen atoms in total. The summed E-state index contributed by atoms with van der Waals surface area (Å²) in [7, 11) is 0. The van der Waals surface area contributed by atoms with Crippen LogP contribution >= 0.6 is 0 Å². The van der Waals surface area contributed by atoms with Crippen LogP contribution in [0.3, 0.4) is 0 Å². The molecule has 1 atom stereocenters. The number of unbranched alkanes of at least 4 members (excludes halogenated alkanes) is 58. The minimum absolute atomic E-state index is 0.0653. The molecule has 0 aliphatic heterocycles. The van der Waals surface area contributed by atoms with Crippen LogP contribution < -0.4 is 0 Å². The number of hydrogen-bond acceptors (Lipinski definition) is 6. The SMILES string of the molecule is CCCCCCCC/C=C\CCCCCCCC(=O)OCC(COC(=O)CCCCCCCCCCCCCCCCCCCCCCCCCCC)OC(=O)CCCCCCCCCCCCCCCCCCCCCCCCCC. The van der Waals surface area contributed by atoms with Gasteiger partial charge in [-0.25, -0.2) is 0 Å². The Labute approximate surface area is 513 Å². The Morgan fingerprint density at radius 3 is 0.610 bits per heavy atom. The number of rotatable bonds is 71. The highest BCUT2D eigenvalue weighted by Gasteiger charge is 2.20. The van der Waals surface area contributed by atoms with E-state index in [1.807, 2.05) is 0 Å². The van der Waals surface area contributed by atoms with E-state index in [0.29, 0.717) is 19.3 Å². The standard InChI is InChI=1S/C76H146O6/c1-4-7-10-13-16-19-22-25-28-30-32-34-36-38-40-41-43-45-48-51-54-57-60-63-66-69-75(78)81-72-73(71-80-74(77)68-65-62-59-56-53-50-47-27-24-21-18-15-12-9-6-3)82-76(79)70-67-64-61-58-55-52-49-46-44-42-39-37-35-33-31-29-26-23-20-17-14-11-8-5-2/h27,47,73H,4-26,28-46,48-72H2,1-3H3/b47-27-. The number of hydrogen-bond donors (Lipinski definition) is 0. The zero-order valence-electron chi connectivity index (χ0n) is 56.1. The Morgan fingerprint density at radius 1 is 0.232 bits per heavy atom. The van der Waals surface area contributed by atoms with Gasteiger partial charge >= 0.3 is 17.9 Å². The second-order valence-electron chi connectivity index (χ2n) is 25.9. The van der Waals surface area contributed by atoms with Gasteiger partial charge in [0.15, 0.2) is 6.10 Å². The average Bonchev–Trinajstić information content (AvgIpc) is 3.48. The van der Waals surface area contributed by atoms with Crippen LogP contribution in [0, 0.1) is 0 Å². The summed E-state index contributed by atoms with van der Waals surface area (Å²) in [6.45, 7) is 6.73. The maximum Gasteiger partial charge on any atom is 0.306 e. The molecule has 0 amide bonds. The first-order chi connectivity index (χ1) is 40.5. The second-order valence-corrected chi connectivity index (χ2v) is 25.9. The van der Waals surface area contributed by atoms with E-state index in [1.54, 1.807) is 0 Å². The second kappa shape index (κ2) is 71.6. The third kappa shape index (κ3) is 68.9. The topological polar surface area (TPSA) is 78.9 Å². The van der Waals surface area contributed by atoms with Crippen LogP contribution in [0.4, 0.5) is 0 Å². The molecule has 0 aliphatic carbocycles. The Balaban J connectivity index is 4.22. The zero-order valence-corrected chi connectivity index (χ0v) is 56.1. The molecule has 6 heteroatoms. The highest BCUT2D eigenvalue weighted by molar-refractivity contribution is 5.71. The molecule has 1 unspecified atom stereocenters. The van der Waals surface area contributed by atoms with E-state index in [-0.39, 0.29) is 31.1 Å². The lowest BCUT2D eigenvalue weighted by Gasteiger charge is -2.18. The summed E-state index contributed by atoms with van der Waals surface area (Å²) < 4.78 is 17.0. The van der Waals surface area contributed by atoms with Crippen molar-refractivity contribution >= 4 is 17.9 Å². The lowest BCUT2D eigenvalue weighted by Crippen LogP contribution is -2.30. The number of allylic oxidation sites excluding steroid dienone is 2. The van der Waals surface area contributed by atoms with E-state index in [0.717, 1.165) is 64.2 Å². The van der Waals surface area contributed by atoms with Crippen molar-refractivity contribution in [3.05, 3.63) is 12.2 Å². The molecule has 0 aliphatic rings. The van der Waals surface area contributed by atoms with Gasteiger partial charge in [0.1, 0.15) is 13.2 Å². The van der Waals surface area contributed by atoms with Gasteiger partial charge in [-0.1, -0.05) is 386 Å². The van der Waals surface area contributed by atoms with Crippen LogP contribution in [-0.4, -0.2) is 37.2 Å². The molecule has 0 bridgehead atoms. The number of carbonyl (C=O) groups excluding carboxylic acids is 3. The molecular weight excluding hydrogens is 1010 g/mol. The number of carbonyl (C=O) groups is 3. The fourth-order valence-corrected chi connectivity index (χ4v) is 11.9. The summed E-state index contributed by atoms with van der Waals surface area (Å²) in [4.78, 5) is 38.5. The normalized spacial score (nSPS) is 12.0. The molecule has 0 saturated carbocycles. The summed E-state index contributed by atoms with van der Waals surface area (Å²) in [6.07, 6.45) is 86.9. The summed E-state index contributed by atoms with van der Waals surface area (Å²) in [5.41, 5.74) is 0. The molecule has 82 heavy (non-hydrogen) atoms. The predicted octanol–water partition coefficient (Wildman–Crippen LogP) is 26.0. The van der Waals surface area contributed by atoms with Gasteiger partial charge in [0.25, 0.3) is 0 Å². The van der Waals surface area contributed by atoms with E-state index in [2.05, 4.69) is 32.9 Å². The Hall–Kier alpha value is -1.85. The largest absolute Gasteiger partial charge is 0.462 e. The van der Waals surface area contributed by atoms with Gasteiger partial charge in [0, 0.05) is 19.3 Å². The smallest absolute Gasteiger partial charge is 0.306 e. The van der Waals surface area contributed by atoms with Crippen molar-refractivity contribution in [2.75, 3.05) is 13.2 Å². The van der Waals surface area contributed by atoms with Crippen molar-refractivity contribution in [3.8, 4) is 0 Å². The molecule has 0 fully saturated rings. The number of ether oxygens (including phenoxy) is 3. The van der Waals surface area contributed by atoms with Gasteiger partial charge in [0.2, 0.25) is 0 Å². The van der Waals surface area contributed by atoms with E-state index in [9.17, 15) is 14.4 Å². The highest BCUT2D eigenvalue weighted by atomic mass is 16.6. The Morgan fingerprint density at radius 2 is 0.402 bits per heavy atom. The average molecular weight is 1160 g/mol. The van der Waals surface area contributed by atoms with E-state index >= 15 is 0 Å². The van der Waals surface area contributed by atoms with E-state index < -0.39 is 6.10 Å². The van der Waals surface area contributed by atoms with Crippen molar-refractivity contribution in [2.24, 2.45) is 0 Å². The van der Waals surface area contributed by atoms with E-state index in [1.165, 1.54) is 334 Å². The van der Waals surface area contributed by atoms with Crippen LogP contribution in [0.2, 0.25) is 0 Å². The first kappa shape index (κ1) is 80.2. The summed E-state index contributed by atoms with van der Waals surface area (Å²) in [5, 5.41) is 0. The lowest BCUT2D eigenvalue weighted by molar-refractivity contribution is -0.167. The fraction of sp³-hybridized carbons (Fsp3) is 0.934. The molecule has 0 aromatic heterocycles. The molecule has 0 aromatic carbocycles. The van der Waals surface area contributed by atoms with Crippen LogP contribution in [0.25, 0.3) is 0 Å². The molecule has 0 spiro atoms. The molecule has 0 saturated heterocycles. The maximum atomic E-state index is 13.0. The summed E-state index contributed by atoms with van der Waals surface area (Å²) in [5.74, 6) is -0.835. The van der Waals surface area contributed by atoms with Crippen molar-refractivity contribution in [3.63, 3.8) is 0 Å². The molecule has 486 valence electrons. The molecule has 0 radical (unpaired) electrons. The zero-order chi connectivity index (χ0) is 59.2. The van der Waals surface area contributed by atoms with E-state index in [4.69, 9.17) is 14.2 Å². The van der Waals surface area contributed by atoms with Gasteiger partial charge in [-0.3, -0.25) is 14.4 Å². The summed E-state index contributed by atoms with van der Waals surface area (Å²) >= 11 is 0. The van der Waals surface area contributed by atoms with Gasteiger partial charge in [-0.15, -0.1) is 0 Å². The van der Waals surface area contributed by atoms with Gasteiger partial charge < -0.3 is 14.2 Å². The predicted molar refractivity (Wildman–Crippen MR) is 358 cm³/mol. The third-order valence-corrected chi connectivity index (χ3v) is 17.5. The number of esters is 3. The fourth-order valence-electron chi connectivity index (χ4n) is 11.9. The van der Waals surface area contributed by atoms with Gasteiger partial charge in [-0.2, -0.15) is 0 Å². The summed E-state index contributed by atoms with van der Waals surface area (Å²) in [6, 6.07) is 0. The van der Waals surface area contributed by atoms with Crippen LogP contribution in [0.5, 0.6) is 0 Å². The molecule has 0 N–H and O–H groups in total. The maximum absolute atomic E-state index is 13.0. The van der Waals surface area contributed by atoms with Crippen molar-refractivity contribution in [1.29, 1.82) is 0 Å². The van der Waals surface area contributed by atoms with Crippen LogP contribution in [0.15, 0.2) is 12.2 Å². The molecule has 0 aromatic rings. The van der Waals surface area contributed by atoms with Crippen molar-refractivity contribution < 1.29 is 28.6 Å². The quantitative estimate of drug-likeness (QED) is 0.0261. The van der Waals surface area contributed by atoms with Crippen molar-refractivity contribution in [2.45, 2.75) is 444 Å². The Bertz CT molecular complexity index is 1280. The highest BCUT2D eigenvalue weighted by Crippen LogP contribution is 2.20. The minimum atomic E-state index is -0.770. The minimum Gasteiger partial charge on any atom is -0.462 e. The Kier molecular flexibility index (Phi) is 70.0. The van der Waals surface area contributed by atoms with Crippen molar-refractivity contribution in [1.82, 2.24) is 0 Å². The first-order valence-corrected chi connectivity index (χ1v) is 37.7. The lowest BCUT2D eigenvalue weighted by atomic mass is 10.0. The van der Waals surface area contributed by atoms with Crippen LogP contribution in [-0.2, 0) is 28.6 Å². The van der Waals surface area contributed by atoms with Crippen LogP contribution in [0.1, 0.15) is 438 Å². The molecule has 0 rings (SSSR count). The molecular formula is C76H146O6. The monoisotopic (exact) mass is 1160 g/mol. The third-order valence-electron chi connectivity index (χ3n) is 17.5. The molecule has 0 heterocycles. The first-order valence-electron chi connectivity index (χ1n) is 37.7. The van der Waals surface area contributed by atoms with Gasteiger partial charge in [-0.05, 0) is 44.9 Å².